The molecule has 0 saturated heterocycles. The zero-order valence-corrected chi connectivity index (χ0v) is 14.6. The van der Waals surface area contributed by atoms with Crippen molar-refractivity contribution >= 4 is 39.7 Å². The first-order chi connectivity index (χ1) is 11.7. The van der Waals surface area contributed by atoms with Gasteiger partial charge in [0.15, 0.2) is 0 Å². The third-order valence-corrected chi connectivity index (χ3v) is 5.25. The molecule has 2 aromatic rings. The van der Waals surface area contributed by atoms with E-state index in [1.54, 1.807) is 4.90 Å². The highest BCUT2D eigenvalue weighted by Crippen LogP contribution is 2.39. The smallest absolute Gasteiger partial charge is 0.417 e. The minimum Gasteiger partial charge on any atom is -0.465 e. The summed E-state index contributed by atoms with van der Waals surface area (Å²) in [6, 6.07) is 0.863. The van der Waals surface area contributed by atoms with E-state index in [1.807, 2.05) is 0 Å². The van der Waals surface area contributed by atoms with Gasteiger partial charge < -0.3 is 15.4 Å². The Morgan fingerprint density at radius 2 is 2.20 bits per heavy atom. The first-order valence-electron chi connectivity index (χ1n) is 7.18. The van der Waals surface area contributed by atoms with Crippen molar-refractivity contribution in [3.8, 4) is 0 Å². The van der Waals surface area contributed by atoms with Gasteiger partial charge in [-0.2, -0.15) is 13.2 Å². The largest absolute Gasteiger partial charge is 0.465 e. The molecule has 0 aromatic carbocycles. The number of nitrogen functional groups attached to an aromatic ring is 1. The average molecular weight is 392 g/mol. The summed E-state index contributed by atoms with van der Waals surface area (Å²) in [7, 11) is 1.28. The molecule has 3 rings (SSSR count). The summed E-state index contributed by atoms with van der Waals surface area (Å²) in [5, 5.41) is 0.293. The summed E-state index contributed by atoms with van der Waals surface area (Å²) in [4.78, 5) is 18.3. The van der Waals surface area contributed by atoms with Crippen LogP contribution in [0.25, 0.3) is 0 Å². The number of pyridine rings is 1. The van der Waals surface area contributed by atoms with Crippen molar-refractivity contribution in [2.24, 2.45) is 0 Å². The number of esters is 1. The average Bonchev–Trinajstić information content (AvgIpc) is 2.88. The predicted octanol–water partition coefficient (Wildman–Crippen LogP) is 3.75. The molecule has 0 amide bonds. The second-order valence-electron chi connectivity index (χ2n) is 5.43. The summed E-state index contributed by atoms with van der Waals surface area (Å²) in [6.45, 7) is 0.810. The van der Waals surface area contributed by atoms with E-state index < -0.39 is 17.7 Å². The molecule has 0 radical (unpaired) electrons. The zero-order chi connectivity index (χ0) is 18.4. The molecule has 0 atom stereocenters. The zero-order valence-electron chi connectivity index (χ0n) is 13.0. The minimum atomic E-state index is -4.50. The van der Waals surface area contributed by atoms with E-state index in [9.17, 15) is 18.0 Å². The Morgan fingerprint density at radius 1 is 1.48 bits per heavy atom. The van der Waals surface area contributed by atoms with Crippen molar-refractivity contribution in [2.45, 2.75) is 19.1 Å². The number of ether oxygens (including phenoxy) is 1. The minimum absolute atomic E-state index is 0.0732. The van der Waals surface area contributed by atoms with E-state index in [0.29, 0.717) is 30.1 Å². The lowest BCUT2D eigenvalue weighted by molar-refractivity contribution is -0.137. The first-order valence-corrected chi connectivity index (χ1v) is 8.37. The van der Waals surface area contributed by atoms with Crippen LogP contribution in [-0.4, -0.2) is 24.6 Å². The molecule has 25 heavy (non-hydrogen) atoms. The Balaban J connectivity index is 1.90. The summed E-state index contributed by atoms with van der Waals surface area (Å²) in [6.07, 6.45) is -3.24. The van der Waals surface area contributed by atoms with Gasteiger partial charge in [0, 0.05) is 17.6 Å². The van der Waals surface area contributed by atoms with Crippen molar-refractivity contribution in [3.63, 3.8) is 0 Å². The van der Waals surface area contributed by atoms with E-state index in [-0.39, 0.29) is 10.8 Å². The van der Waals surface area contributed by atoms with Gasteiger partial charge in [-0.25, -0.2) is 9.78 Å². The fraction of sp³-hybridized carbons (Fsp3) is 0.333. The van der Waals surface area contributed by atoms with E-state index in [2.05, 4.69) is 4.98 Å². The van der Waals surface area contributed by atoms with Crippen LogP contribution in [0.15, 0.2) is 12.3 Å². The molecule has 3 heterocycles. The van der Waals surface area contributed by atoms with Crippen molar-refractivity contribution in [1.82, 2.24) is 4.98 Å². The monoisotopic (exact) mass is 391 g/mol. The highest BCUT2D eigenvalue weighted by atomic mass is 35.5. The van der Waals surface area contributed by atoms with Crippen LogP contribution in [0, 0.1) is 0 Å². The standard InChI is InChI=1S/C15H13ClF3N3O2S/c1-24-14(23)11-8-2-3-22(6-10(8)25-12(11)20)13-9(16)4-7(5-21-13)15(17,18)19/h4-5H,2-3,6,20H2,1H3. The lowest BCUT2D eigenvalue weighted by Gasteiger charge is -2.29. The number of fused-ring (bicyclic) bond motifs is 1. The second kappa shape index (κ2) is 6.38. The number of nitrogens with zero attached hydrogens (tertiary/aromatic N) is 2. The number of methoxy groups -OCH3 is 1. The summed E-state index contributed by atoms with van der Waals surface area (Å²) < 4.78 is 42.9. The molecule has 2 aromatic heterocycles. The Kier molecular flexibility index (Phi) is 4.54. The number of alkyl halides is 3. The predicted molar refractivity (Wildman–Crippen MR) is 89.1 cm³/mol. The van der Waals surface area contributed by atoms with Gasteiger partial charge in [-0.15, -0.1) is 11.3 Å². The number of hydrogen-bond donors (Lipinski definition) is 1. The normalized spacial score (nSPS) is 14.4. The van der Waals surface area contributed by atoms with Gasteiger partial charge >= 0.3 is 12.1 Å². The number of aromatic nitrogens is 1. The number of nitrogens with two attached hydrogens (primary N) is 1. The summed E-state index contributed by atoms with van der Waals surface area (Å²) in [5.41, 5.74) is 6.20. The molecule has 0 bridgehead atoms. The number of carbonyl (C=O) groups is 1. The van der Waals surface area contributed by atoms with E-state index in [4.69, 9.17) is 22.1 Å². The number of hydrogen-bond acceptors (Lipinski definition) is 6. The van der Waals surface area contributed by atoms with E-state index in [1.165, 1.54) is 18.4 Å². The van der Waals surface area contributed by atoms with Crippen molar-refractivity contribution < 1.29 is 22.7 Å². The molecule has 10 heteroatoms. The number of thiophene rings is 1. The van der Waals surface area contributed by atoms with Gasteiger partial charge in [-0.1, -0.05) is 11.6 Å². The van der Waals surface area contributed by atoms with Crippen LogP contribution in [0.4, 0.5) is 24.0 Å². The van der Waals surface area contributed by atoms with Gasteiger partial charge in [0.2, 0.25) is 0 Å². The highest BCUT2D eigenvalue weighted by Gasteiger charge is 2.33. The van der Waals surface area contributed by atoms with Gasteiger partial charge in [0.25, 0.3) is 0 Å². The highest BCUT2D eigenvalue weighted by molar-refractivity contribution is 7.16. The quantitative estimate of drug-likeness (QED) is 0.790. The van der Waals surface area contributed by atoms with Crippen LogP contribution in [0.1, 0.15) is 26.4 Å². The molecule has 0 aliphatic carbocycles. The van der Waals surface area contributed by atoms with Crippen LogP contribution in [-0.2, 0) is 23.9 Å². The topological polar surface area (TPSA) is 68.5 Å². The van der Waals surface area contributed by atoms with Gasteiger partial charge in [-0.05, 0) is 18.1 Å². The molecule has 1 aliphatic rings. The van der Waals surface area contributed by atoms with Crippen molar-refractivity contribution in [2.75, 3.05) is 24.3 Å². The van der Waals surface area contributed by atoms with Crippen molar-refractivity contribution in [1.29, 1.82) is 0 Å². The van der Waals surface area contributed by atoms with Crippen LogP contribution >= 0.6 is 22.9 Å². The molecule has 1 aliphatic heterocycles. The summed E-state index contributed by atoms with van der Waals surface area (Å²) in [5.74, 6) is -0.221. The van der Waals surface area contributed by atoms with E-state index >= 15 is 0 Å². The number of anilines is 2. The summed E-state index contributed by atoms with van der Waals surface area (Å²) >= 11 is 7.26. The number of rotatable bonds is 2. The van der Waals surface area contributed by atoms with Crippen LogP contribution in [0.2, 0.25) is 5.02 Å². The van der Waals surface area contributed by atoms with E-state index in [0.717, 1.165) is 22.7 Å². The molecule has 2 N–H and O–H groups in total. The maximum absolute atomic E-state index is 12.7. The molecule has 134 valence electrons. The van der Waals surface area contributed by atoms with Crippen LogP contribution in [0.5, 0.6) is 0 Å². The third-order valence-electron chi connectivity index (χ3n) is 3.92. The molecular weight excluding hydrogens is 379 g/mol. The molecule has 5 nitrogen and oxygen atoms in total. The van der Waals surface area contributed by atoms with Crippen LogP contribution < -0.4 is 10.6 Å². The molecular formula is C15H13ClF3N3O2S. The maximum atomic E-state index is 12.7. The molecule has 0 unspecified atom stereocenters. The van der Waals surface area contributed by atoms with Gasteiger partial charge in [-0.3, -0.25) is 0 Å². The Labute approximate surface area is 150 Å². The first kappa shape index (κ1) is 17.8. The fourth-order valence-corrected chi connectivity index (χ4v) is 4.16. The second-order valence-corrected chi connectivity index (χ2v) is 6.98. The van der Waals surface area contributed by atoms with Crippen molar-refractivity contribution in [3.05, 3.63) is 38.9 Å². The Bertz CT molecular complexity index is 838. The fourth-order valence-electron chi connectivity index (χ4n) is 2.75. The van der Waals surface area contributed by atoms with Crippen LogP contribution in [0.3, 0.4) is 0 Å². The molecule has 0 spiro atoms. The number of halogens is 4. The molecule has 0 fully saturated rings. The van der Waals surface area contributed by atoms with Gasteiger partial charge in [0.1, 0.15) is 10.8 Å². The maximum Gasteiger partial charge on any atom is 0.417 e. The molecule has 0 saturated carbocycles. The lowest BCUT2D eigenvalue weighted by atomic mass is 10.0. The Hall–Kier alpha value is -2.00. The Morgan fingerprint density at radius 3 is 2.80 bits per heavy atom. The number of carbonyl (C=O) groups excluding carboxylic acids is 1. The SMILES string of the molecule is COC(=O)c1c(N)sc2c1CCN(c1ncc(C(F)(F)F)cc1Cl)C2. The lowest BCUT2D eigenvalue weighted by Crippen LogP contribution is -2.31. The third kappa shape index (κ3) is 3.25. The van der Waals surface area contributed by atoms with Gasteiger partial charge in [0.05, 0.1) is 29.8 Å².